The second-order valence-electron chi connectivity index (χ2n) is 3.13. The Bertz CT molecular complexity index is 380. The van der Waals surface area contributed by atoms with Crippen molar-refractivity contribution in [3.8, 4) is 0 Å². The monoisotopic (exact) mass is 182 g/mol. The smallest absolute Gasteiger partial charge is 0.162 e. The minimum Gasteiger partial charge on any atom is -0.228 e. The number of benzene rings is 1. The van der Waals surface area contributed by atoms with Crippen molar-refractivity contribution in [3.05, 3.63) is 35.9 Å². The molecule has 0 radical (unpaired) electrons. The Morgan fingerprint density at radius 1 is 1.17 bits per heavy atom. The molecular weight excluding hydrogens is 172 g/mol. The van der Waals surface area contributed by atoms with E-state index in [9.17, 15) is 8.42 Å². The first-order valence-corrected chi connectivity index (χ1v) is 5.52. The quantitative estimate of drug-likeness (QED) is 0.617. The summed E-state index contributed by atoms with van der Waals surface area (Å²) in [6, 6.07) is 9.37. The molecule has 1 aromatic rings. The predicted molar refractivity (Wildman–Crippen MR) is 47.6 cm³/mol. The van der Waals surface area contributed by atoms with Gasteiger partial charge >= 0.3 is 0 Å². The lowest BCUT2D eigenvalue weighted by Gasteiger charge is -1.91. The zero-order valence-corrected chi connectivity index (χ0v) is 7.58. The Morgan fingerprint density at radius 3 is 2.08 bits per heavy atom. The summed E-state index contributed by atoms with van der Waals surface area (Å²) in [5, 5.41) is -0.418. The third-order valence-corrected chi connectivity index (χ3v) is 4.73. The molecule has 0 aromatic heterocycles. The maximum absolute atomic E-state index is 11.2. The van der Waals surface area contributed by atoms with Gasteiger partial charge in [0.2, 0.25) is 0 Å². The summed E-state index contributed by atoms with van der Waals surface area (Å²) >= 11 is 0. The molecule has 64 valence electrons. The minimum absolute atomic E-state index is 0.181. The van der Waals surface area contributed by atoms with Gasteiger partial charge in [-0.3, -0.25) is 0 Å². The van der Waals surface area contributed by atoms with Crippen LogP contribution in [0.5, 0.6) is 0 Å². The lowest BCUT2D eigenvalue weighted by molar-refractivity contribution is 0.611. The number of hydrogen-bond acceptors (Lipinski definition) is 2. The fraction of sp³-hybridized carbons (Fsp3) is 0.333. The number of rotatable bonds is 1. The number of sulfone groups is 1. The fourth-order valence-corrected chi connectivity index (χ4v) is 3.26. The molecule has 0 bridgehead atoms. The van der Waals surface area contributed by atoms with E-state index in [2.05, 4.69) is 0 Å². The van der Waals surface area contributed by atoms with E-state index in [0.717, 1.165) is 5.56 Å². The van der Waals surface area contributed by atoms with Crippen LogP contribution in [0.1, 0.15) is 17.7 Å². The van der Waals surface area contributed by atoms with Gasteiger partial charge in [-0.2, -0.15) is 0 Å². The van der Waals surface area contributed by atoms with E-state index in [-0.39, 0.29) is 10.5 Å². The summed E-state index contributed by atoms with van der Waals surface area (Å²) in [4.78, 5) is 0. The summed E-state index contributed by atoms with van der Waals surface area (Å²) in [5.74, 6) is 0. The van der Waals surface area contributed by atoms with E-state index in [1.165, 1.54) is 0 Å². The minimum atomic E-state index is -2.79. The SMILES string of the molecule is CC1C(c2ccccc2)S1(=O)=O. The van der Waals surface area contributed by atoms with Gasteiger partial charge in [0.15, 0.2) is 9.84 Å². The molecule has 1 fully saturated rings. The molecule has 2 unspecified atom stereocenters. The van der Waals surface area contributed by atoms with E-state index < -0.39 is 9.84 Å². The van der Waals surface area contributed by atoms with Gasteiger partial charge in [-0.05, 0) is 12.5 Å². The lowest BCUT2D eigenvalue weighted by atomic mass is 10.1. The average molecular weight is 182 g/mol. The molecule has 0 N–H and O–H groups in total. The van der Waals surface area contributed by atoms with E-state index >= 15 is 0 Å². The van der Waals surface area contributed by atoms with Gasteiger partial charge in [-0.25, -0.2) is 8.42 Å². The van der Waals surface area contributed by atoms with Crippen LogP contribution in [0.15, 0.2) is 30.3 Å². The highest BCUT2D eigenvalue weighted by molar-refractivity contribution is 7.99. The Balaban J connectivity index is 2.38. The largest absolute Gasteiger partial charge is 0.228 e. The summed E-state index contributed by atoms with van der Waals surface area (Å²) in [5.41, 5.74) is 0.921. The van der Waals surface area contributed by atoms with Gasteiger partial charge in [0.05, 0.1) is 5.25 Å². The third kappa shape index (κ3) is 0.966. The summed E-state index contributed by atoms with van der Waals surface area (Å²) in [7, 11) is -2.79. The molecule has 0 saturated carbocycles. The van der Waals surface area contributed by atoms with Crippen LogP contribution >= 0.6 is 0 Å². The molecule has 2 atom stereocenters. The van der Waals surface area contributed by atoms with Crippen molar-refractivity contribution < 1.29 is 8.42 Å². The summed E-state index contributed by atoms with van der Waals surface area (Å²) in [6.45, 7) is 1.76. The Morgan fingerprint density at radius 2 is 1.67 bits per heavy atom. The highest BCUT2D eigenvalue weighted by Gasteiger charge is 2.54. The third-order valence-electron chi connectivity index (χ3n) is 2.35. The highest BCUT2D eigenvalue weighted by Crippen LogP contribution is 2.46. The summed E-state index contributed by atoms with van der Waals surface area (Å²) in [6.07, 6.45) is 0. The number of hydrogen-bond donors (Lipinski definition) is 0. The van der Waals surface area contributed by atoms with Crippen molar-refractivity contribution in [1.29, 1.82) is 0 Å². The molecule has 12 heavy (non-hydrogen) atoms. The van der Waals surface area contributed by atoms with Crippen LogP contribution in [0.25, 0.3) is 0 Å². The van der Waals surface area contributed by atoms with Crippen LogP contribution in [-0.4, -0.2) is 13.7 Å². The molecule has 2 nitrogen and oxygen atoms in total. The highest BCUT2D eigenvalue weighted by atomic mass is 32.2. The van der Waals surface area contributed by atoms with Crippen molar-refractivity contribution in [2.75, 3.05) is 0 Å². The molecule has 2 rings (SSSR count). The topological polar surface area (TPSA) is 34.1 Å². The second-order valence-corrected chi connectivity index (χ2v) is 5.55. The van der Waals surface area contributed by atoms with E-state index in [0.29, 0.717) is 0 Å². The Labute approximate surface area is 72.1 Å². The standard InChI is InChI=1S/C9H10O2S/c1-7-9(12(7,10)11)8-5-3-2-4-6-8/h2-7,9H,1H3. The van der Waals surface area contributed by atoms with Crippen molar-refractivity contribution in [2.24, 2.45) is 0 Å². The van der Waals surface area contributed by atoms with Crippen LogP contribution in [0, 0.1) is 0 Å². The Kier molecular flexibility index (Phi) is 1.51. The van der Waals surface area contributed by atoms with Crippen molar-refractivity contribution in [3.63, 3.8) is 0 Å². The van der Waals surface area contributed by atoms with Crippen LogP contribution in [0.3, 0.4) is 0 Å². The molecule has 0 spiro atoms. The van der Waals surface area contributed by atoms with Gasteiger partial charge < -0.3 is 0 Å². The van der Waals surface area contributed by atoms with E-state index in [4.69, 9.17) is 0 Å². The van der Waals surface area contributed by atoms with Crippen molar-refractivity contribution in [2.45, 2.75) is 17.4 Å². The molecule has 1 aromatic carbocycles. The van der Waals surface area contributed by atoms with E-state index in [1.54, 1.807) is 6.92 Å². The molecule has 1 aliphatic heterocycles. The second kappa shape index (κ2) is 2.33. The first-order valence-electron chi connectivity index (χ1n) is 3.91. The van der Waals surface area contributed by atoms with Crippen LogP contribution in [-0.2, 0) is 9.84 Å². The van der Waals surface area contributed by atoms with Gasteiger partial charge in [0, 0.05) is 0 Å². The molecule has 0 amide bonds. The zero-order valence-electron chi connectivity index (χ0n) is 6.77. The molecule has 1 heterocycles. The van der Waals surface area contributed by atoms with Crippen molar-refractivity contribution >= 4 is 9.84 Å². The van der Waals surface area contributed by atoms with E-state index in [1.807, 2.05) is 30.3 Å². The first-order chi connectivity index (χ1) is 5.64. The van der Waals surface area contributed by atoms with Gasteiger partial charge in [-0.1, -0.05) is 30.3 Å². The maximum Gasteiger partial charge on any atom is 0.162 e. The van der Waals surface area contributed by atoms with Crippen LogP contribution in [0.2, 0.25) is 0 Å². The van der Waals surface area contributed by atoms with Crippen molar-refractivity contribution in [1.82, 2.24) is 0 Å². The normalized spacial score (nSPS) is 31.4. The first kappa shape index (κ1) is 7.80. The molecule has 1 aliphatic rings. The lowest BCUT2D eigenvalue weighted by Crippen LogP contribution is -1.81. The Hall–Kier alpha value is -0.830. The van der Waals surface area contributed by atoms with Gasteiger partial charge in [0.25, 0.3) is 0 Å². The average Bonchev–Trinajstić information content (AvgIpc) is 2.53. The predicted octanol–water partition coefficient (Wildman–Crippen LogP) is 1.54. The molecular formula is C9H10O2S. The summed E-state index contributed by atoms with van der Waals surface area (Å²) < 4.78 is 22.4. The maximum atomic E-state index is 11.2. The van der Waals surface area contributed by atoms with Crippen LogP contribution < -0.4 is 0 Å². The molecule has 3 heteroatoms. The molecule has 0 aliphatic carbocycles. The fourth-order valence-electron chi connectivity index (χ4n) is 1.50. The zero-order chi connectivity index (χ0) is 8.77. The van der Waals surface area contributed by atoms with Gasteiger partial charge in [0.1, 0.15) is 5.25 Å². The van der Waals surface area contributed by atoms with Crippen LogP contribution in [0.4, 0.5) is 0 Å². The van der Waals surface area contributed by atoms with Gasteiger partial charge in [-0.15, -0.1) is 0 Å². The molecule has 1 saturated heterocycles.